The van der Waals surface area contributed by atoms with Crippen LogP contribution in [0.2, 0.25) is 0 Å². The van der Waals surface area contributed by atoms with Crippen LogP contribution in [-0.2, 0) is 10.3 Å². The number of hydrogen-bond acceptors (Lipinski definition) is 5. The zero-order chi connectivity index (χ0) is 25.1. The maximum absolute atomic E-state index is 11.8. The molecule has 0 saturated heterocycles. The smallest absolute Gasteiger partial charge is 0.305 e. The molecular formula is C27H37N5O2. The van der Waals surface area contributed by atoms with Gasteiger partial charge >= 0.3 is 5.97 Å². The van der Waals surface area contributed by atoms with Crippen molar-refractivity contribution in [2.45, 2.75) is 78.9 Å². The molecule has 0 spiro atoms. The lowest BCUT2D eigenvalue weighted by molar-refractivity contribution is -0.137. The number of aliphatic carboxylic acids is 1. The number of aromatic nitrogens is 4. The molecule has 1 aromatic heterocycles. The third kappa shape index (κ3) is 6.29. The summed E-state index contributed by atoms with van der Waals surface area (Å²) in [5, 5.41) is 26.3. The van der Waals surface area contributed by atoms with Gasteiger partial charge in [-0.3, -0.25) is 10.1 Å². The maximum Gasteiger partial charge on any atom is 0.305 e. The van der Waals surface area contributed by atoms with E-state index in [4.69, 9.17) is 0 Å². The van der Waals surface area contributed by atoms with Crippen molar-refractivity contribution in [3.05, 3.63) is 76.6 Å². The third-order valence-electron chi connectivity index (χ3n) is 5.98. The van der Waals surface area contributed by atoms with Crippen LogP contribution in [-0.4, -0.2) is 31.3 Å². The first-order valence-corrected chi connectivity index (χ1v) is 11.8. The van der Waals surface area contributed by atoms with Crippen molar-refractivity contribution in [2.24, 2.45) is 5.41 Å². The summed E-state index contributed by atoms with van der Waals surface area (Å²) in [6.45, 7) is 15.0. The minimum Gasteiger partial charge on any atom is -0.481 e. The second kappa shape index (κ2) is 10.1. The average Bonchev–Trinajstić information content (AvgIpc) is 3.20. The number of rotatable bonds is 9. The molecule has 0 saturated carbocycles. The number of nitrogens with zero attached hydrogens (tertiary/aromatic N) is 4. The van der Waals surface area contributed by atoms with Crippen molar-refractivity contribution in [1.29, 1.82) is 0 Å². The molecule has 3 rings (SSSR count). The first kappa shape index (κ1) is 25.6. The van der Waals surface area contributed by atoms with Gasteiger partial charge in [-0.25, -0.2) is 4.68 Å². The lowest BCUT2D eigenvalue weighted by Crippen LogP contribution is -2.38. The van der Waals surface area contributed by atoms with Crippen LogP contribution in [0.3, 0.4) is 0 Å². The number of hydrogen-bond donors (Lipinski definition) is 2. The SMILES string of the molecule is Cc1cccc(C(CC(=O)O)NC(c2ccccc2C)c2nnnn2C(C)(C)CC(C)(C)C)c1. The van der Waals surface area contributed by atoms with E-state index in [0.717, 1.165) is 28.7 Å². The number of nitrogens with one attached hydrogen (secondary N) is 1. The highest BCUT2D eigenvalue weighted by molar-refractivity contribution is 5.68. The van der Waals surface area contributed by atoms with Gasteiger partial charge in [-0.15, -0.1) is 5.10 Å². The Morgan fingerprint density at radius 1 is 1.06 bits per heavy atom. The standard InChI is InChI=1S/C27H37N5O2/c1-18-11-10-13-20(15-18)22(16-23(33)34)28-24(21-14-9-8-12-19(21)2)25-29-30-31-32(25)27(6,7)17-26(3,4)5/h8-15,22,24,28H,16-17H2,1-7H3,(H,33,34). The highest BCUT2D eigenvalue weighted by atomic mass is 16.4. The van der Waals surface area contributed by atoms with Gasteiger partial charge in [-0.2, -0.15) is 0 Å². The topological polar surface area (TPSA) is 92.9 Å². The summed E-state index contributed by atoms with van der Waals surface area (Å²) in [5.74, 6) is -0.193. The molecule has 0 aliphatic rings. The van der Waals surface area contributed by atoms with E-state index in [1.807, 2.05) is 48.0 Å². The Morgan fingerprint density at radius 3 is 2.38 bits per heavy atom. The van der Waals surface area contributed by atoms with Gasteiger partial charge in [0, 0.05) is 6.04 Å². The molecule has 0 amide bonds. The van der Waals surface area contributed by atoms with Gasteiger partial charge in [-0.05, 0) is 66.6 Å². The Bertz CT molecular complexity index is 1130. The molecule has 0 aliphatic heterocycles. The lowest BCUT2D eigenvalue weighted by Gasteiger charge is -2.35. The van der Waals surface area contributed by atoms with Crippen LogP contribution < -0.4 is 5.32 Å². The lowest BCUT2D eigenvalue weighted by atomic mass is 9.81. The second-order valence-electron chi connectivity index (χ2n) is 11.0. The van der Waals surface area contributed by atoms with Gasteiger partial charge < -0.3 is 5.11 Å². The van der Waals surface area contributed by atoms with E-state index in [1.165, 1.54) is 0 Å². The van der Waals surface area contributed by atoms with E-state index in [2.05, 4.69) is 74.5 Å². The predicted octanol–water partition coefficient (Wildman–Crippen LogP) is 5.36. The molecule has 182 valence electrons. The number of carbonyl (C=O) groups is 1. The maximum atomic E-state index is 11.8. The van der Waals surface area contributed by atoms with E-state index >= 15 is 0 Å². The molecular weight excluding hydrogens is 426 g/mol. The minimum absolute atomic E-state index is 0.0568. The van der Waals surface area contributed by atoms with Gasteiger partial charge in [0.05, 0.1) is 18.0 Å². The van der Waals surface area contributed by atoms with Crippen molar-refractivity contribution >= 4 is 5.97 Å². The first-order chi connectivity index (χ1) is 15.9. The van der Waals surface area contributed by atoms with Crippen LogP contribution in [0.25, 0.3) is 0 Å². The Balaban J connectivity index is 2.12. The van der Waals surface area contributed by atoms with Crippen molar-refractivity contribution in [3.63, 3.8) is 0 Å². The molecule has 0 radical (unpaired) electrons. The van der Waals surface area contributed by atoms with Gasteiger partial charge in [0.2, 0.25) is 0 Å². The summed E-state index contributed by atoms with van der Waals surface area (Å²) in [6.07, 6.45) is 0.813. The van der Waals surface area contributed by atoms with Crippen molar-refractivity contribution < 1.29 is 9.90 Å². The summed E-state index contributed by atoms with van der Waals surface area (Å²) in [7, 11) is 0. The summed E-state index contributed by atoms with van der Waals surface area (Å²) in [5.41, 5.74) is 3.85. The molecule has 2 N–H and O–H groups in total. The molecule has 0 fully saturated rings. The number of carboxylic acid groups (broad SMARTS) is 1. The fourth-order valence-electron chi connectivity index (χ4n) is 4.93. The molecule has 1 heterocycles. The molecule has 7 nitrogen and oxygen atoms in total. The molecule has 3 aromatic rings. The largest absolute Gasteiger partial charge is 0.481 e. The molecule has 7 heteroatoms. The number of aryl methyl sites for hydroxylation is 2. The van der Waals surface area contributed by atoms with Crippen LogP contribution in [0.5, 0.6) is 0 Å². The van der Waals surface area contributed by atoms with Gasteiger partial charge in [0.15, 0.2) is 5.82 Å². The summed E-state index contributed by atoms with van der Waals surface area (Å²) < 4.78 is 1.90. The van der Waals surface area contributed by atoms with Crippen LogP contribution in [0.1, 0.15) is 87.6 Å². The van der Waals surface area contributed by atoms with Crippen LogP contribution in [0.15, 0.2) is 48.5 Å². The van der Waals surface area contributed by atoms with Crippen molar-refractivity contribution in [2.75, 3.05) is 0 Å². The van der Waals surface area contributed by atoms with Gasteiger partial charge in [-0.1, -0.05) is 74.9 Å². The zero-order valence-electron chi connectivity index (χ0n) is 21.3. The number of benzene rings is 2. The van der Waals surface area contributed by atoms with E-state index in [1.54, 1.807) is 0 Å². The molecule has 34 heavy (non-hydrogen) atoms. The number of carboxylic acids is 1. The van der Waals surface area contributed by atoms with E-state index in [0.29, 0.717) is 5.82 Å². The predicted molar refractivity (Wildman–Crippen MR) is 134 cm³/mol. The second-order valence-corrected chi connectivity index (χ2v) is 11.0. The normalized spacial score (nSPS) is 14.1. The molecule has 0 bridgehead atoms. The van der Waals surface area contributed by atoms with Gasteiger partial charge in [0.1, 0.15) is 0 Å². The molecule has 2 unspecified atom stereocenters. The van der Waals surface area contributed by atoms with Crippen molar-refractivity contribution in [1.82, 2.24) is 25.5 Å². The molecule has 2 atom stereocenters. The summed E-state index contributed by atoms with van der Waals surface area (Å²) in [4.78, 5) is 11.8. The fourth-order valence-corrected chi connectivity index (χ4v) is 4.93. The Kier molecular flexibility index (Phi) is 7.56. The van der Waals surface area contributed by atoms with Crippen LogP contribution in [0, 0.1) is 19.3 Å². The molecule has 0 aliphatic carbocycles. The summed E-state index contributed by atoms with van der Waals surface area (Å²) >= 11 is 0. The first-order valence-electron chi connectivity index (χ1n) is 11.8. The highest BCUT2D eigenvalue weighted by Crippen LogP contribution is 2.35. The average molecular weight is 464 g/mol. The van der Waals surface area contributed by atoms with E-state index in [-0.39, 0.29) is 23.4 Å². The highest BCUT2D eigenvalue weighted by Gasteiger charge is 2.35. The quantitative estimate of drug-likeness (QED) is 0.444. The Labute approximate surface area is 202 Å². The Morgan fingerprint density at radius 2 is 1.76 bits per heavy atom. The fraction of sp³-hybridized carbons (Fsp3) is 0.481. The van der Waals surface area contributed by atoms with Gasteiger partial charge in [0.25, 0.3) is 0 Å². The Hall–Kier alpha value is -3.06. The van der Waals surface area contributed by atoms with Crippen molar-refractivity contribution in [3.8, 4) is 0 Å². The summed E-state index contributed by atoms with van der Waals surface area (Å²) in [6, 6.07) is 15.3. The van der Waals surface area contributed by atoms with E-state index in [9.17, 15) is 9.90 Å². The van der Waals surface area contributed by atoms with Crippen LogP contribution in [0.4, 0.5) is 0 Å². The minimum atomic E-state index is -0.866. The monoisotopic (exact) mass is 463 g/mol. The number of tetrazole rings is 1. The van der Waals surface area contributed by atoms with Crippen LogP contribution >= 0.6 is 0 Å². The molecule has 2 aromatic carbocycles. The third-order valence-corrected chi connectivity index (χ3v) is 5.98. The zero-order valence-corrected chi connectivity index (χ0v) is 21.3. The van der Waals surface area contributed by atoms with E-state index < -0.39 is 12.0 Å².